The van der Waals surface area contributed by atoms with Crippen molar-refractivity contribution in [2.75, 3.05) is 33.5 Å². The number of methoxy groups -OCH3 is 1. The molecule has 0 fully saturated rings. The van der Waals surface area contributed by atoms with Crippen LogP contribution in [0.5, 0.6) is 5.75 Å². The van der Waals surface area contributed by atoms with Gasteiger partial charge in [0.1, 0.15) is 4.90 Å². The Balaban J connectivity index is 2.63. The van der Waals surface area contributed by atoms with Crippen LogP contribution in [0.2, 0.25) is 5.02 Å². The van der Waals surface area contributed by atoms with Crippen molar-refractivity contribution < 1.29 is 22.6 Å². The predicted octanol–water partition coefficient (Wildman–Crippen LogP) is 3.46. The molecule has 1 rings (SSSR count). The summed E-state index contributed by atoms with van der Waals surface area (Å²) < 4.78 is 39.1. The second-order valence-electron chi connectivity index (χ2n) is 3.96. The lowest BCUT2D eigenvalue weighted by Crippen LogP contribution is -2.08. The molecule has 0 atom stereocenters. The Hall–Kier alpha value is -0.0500. The first-order valence-corrected chi connectivity index (χ1v) is 9.47. The Morgan fingerprint density at radius 1 is 1.19 bits per heavy atom. The molecule has 0 amide bonds. The minimum Gasteiger partial charge on any atom is -0.491 e. The fraction of sp³-hybridized carbons (Fsp3) is 0.500. The molecule has 1 aromatic rings. The van der Waals surface area contributed by atoms with Crippen LogP contribution in [0.15, 0.2) is 21.5 Å². The van der Waals surface area contributed by atoms with Crippen LogP contribution >= 0.6 is 38.2 Å². The van der Waals surface area contributed by atoms with E-state index in [9.17, 15) is 8.42 Å². The highest BCUT2D eigenvalue weighted by Gasteiger charge is 2.20. The molecule has 9 heteroatoms. The second-order valence-corrected chi connectivity index (χ2v) is 7.82. The number of ether oxygens (including phenoxy) is 3. The van der Waals surface area contributed by atoms with E-state index in [2.05, 4.69) is 15.9 Å². The van der Waals surface area contributed by atoms with Crippen molar-refractivity contribution in [3.8, 4) is 5.75 Å². The van der Waals surface area contributed by atoms with Gasteiger partial charge in [0.2, 0.25) is 0 Å². The largest absolute Gasteiger partial charge is 0.491 e. The highest BCUT2D eigenvalue weighted by Crippen LogP contribution is 2.37. The van der Waals surface area contributed by atoms with E-state index in [1.54, 1.807) is 7.11 Å². The third-order valence-corrected chi connectivity index (χ3v) is 4.41. The third-order valence-electron chi connectivity index (χ3n) is 2.35. The number of rotatable bonds is 9. The first-order chi connectivity index (χ1) is 9.86. The van der Waals surface area contributed by atoms with Crippen LogP contribution in [0, 0.1) is 0 Å². The summed E-state index contributed by atoms with van der Waals surface area (Å²) in [6.07, 6.45) is 0.581. The van der Waals surface area contributed by atoms with Gasteiger partial charge in [0.05, 0.1) is 24.8 Å². The summed E-state index contributed by atoms with van der Waals surface area (Å²) in [5.41, 5.74) is 0. The Bertz CT molecular complexity index is 565. The topological polar surface area (TPSA) is 61.8 Å². The Morgan fingerprint density at radius 2 is 1.90 bits per heavy atom. The number of hydrogen-bond donors (Lipinski definition) is 0. The van der Waals surface area contributed by atoms with Crippen molar-refractivity contribution in [3.63, 3.8) is 0 Å². The summed E-state index contributed by atoms with van der Waals surface area (Å²) in [7, 11) is 3.02. The molecule has 120 valence electrons. The molecular formula is C12H15BrCl2O5S. The smallest absolute Gasteiger partial charge is 0.265 e. The van der Waals surface area contributed by atoms with E-state index in [0.717, 1.165) is 0 Å². The molecular weight excluding hydrogens is 407 g/mol. The molecule has 0 N–H and O–H groups in total. The second kappa shape index (κ2) is 9.17. The lowest BCUT2D eigenvalue weighted by atomic mass is 10.3. The van der Waals surface area contributed by atoms with E-state index in [4.69, 9.17) is 36.5 Å². The molecule has 0 aliphatic heterocycles. The standard InChI is InChI=1S/C12H15BrCl2O5S/c1-18-5-6-19-3-2-4-20-12-10(14)7-9(13)8-11(12)21(15,16)17/h7-8H,2-6H2,1H3. The molecule has 0 unspecified atom stereocenters. The van der Waals surface area contributed by atoms with E-state index in [1.807, 2.05) is 0 Å². The lowest BCUT2D eigenvalue weighted by molar-refractivity contribution is 0.0643. The average Bonchev–Trinajstić information content (AvgIpc) is 2.38. The molecule has 21 heavy (non-hydrogen) atoms. The van der Waals surface area contributed by atoms with E-state index in [0.29, 0.717) is 30.7 Å². The molecule has 0 aliphatic carbocycles. The van der Waals surface area contributed by atoms with Crippen molar-refractivity contribution in [1.29, 1.82) is 0 Å². The van der Waals surface area contributed by atoms with Crippen molar-refractivity contribution in [2.24, 2.45) is 0 Å². The molecule has 0 radical (unpaired) electrons. The maximum atomic E-state index is 11.5. The monoisotopic (exact) mass is 420 g/mol. The molecule has 0 saturated carbocycles. The quantitative estimate of drug-likeness (QED) is 0.451. The molecule has 1 aromatic carbocycles. The summed E-state index contributed by atoms with van der Waals surface area (Å²) in [4.78, 5) is -0.163. The van der Waals surface area contributed by atoms with Gasteiger partial charge in [0.25, 0.3) is 9.05 Å². The Kier molecular flexibility index (Phi) is 8.30. The Labute approximate surface area is 142 Å². The van der Waals surface area contributed by atoms with Crippen LogP contribution in [0.25, 0.3) is 0 Å². The van der Waals surface area contributed by atoms with Gasteiger partial charge in [-0.2, -0.15) is 0 Å². The van der Waals surface area contributed by atoms with Crippen LogP contribution < -0.4 is 4.74 Å². The maximum Gasteiger partial charge on any atom is 0.265 e. The van der Waals surface area contributed by atoms with Crippen molar-refractivity contribution >= 4 is 47.3 Å². The van der Waals surface area contributed by atoms with Crippen LogP contribution in [0.1, 0.15) is 6.42 Å². The number of hydrogen-bond acceptors (Lipinski definition) is 5. The zero-order valence-corrected chi connectivity index (χ0v) is 15.2. The minimum atomic E-state index is -3.95. The normalized spacial score (nSPS) is 11.6. The van der Waals surface area contributed by atoms with Crippen LogP contribution in [-0.2, 0) is 18.5 Å². The lowest BCUT2D eigenvalue weighted by Gasteiger charge is -2.12. The van der Waals surface area contributed by atoms with Crippen LogP contribution in [0.4, 0.5) is 0 Å². The summed E-state index contributed by atoms with van der Waals surface area (Å²) in [5, 5.41) is 0.170. The van der Waals surface area contributed by atoms with Crippen LogP contribution in [0.3, 0.4) is 0 Å². The molecule has 0 aromatic heterocycles. The van der Waals surface area contributed by atoms with Gasteiger partial charge in [-0.05, 0) is 12.1 Å². The van der Waals surface area contributed by atoms with Crippen molar-refractivity contribution in [2.45, 2.75) is 11.3 Å². The third kappa shape index (κ3) is 6.71. The SMILES string of the molecule is COCCOCCCOc1c(Cl)cc(Br)cc1S(=O)(=O)Cl. The zero-order chi connectivity index (χ0) is 15.9. The first kappa shape index (κ1) is 19.0. The van der Waals surface area contributed by atoms with Gasteiger partial charge in [0, 0.05) is 35.3 Å². The fourth-order valence-corrected chi connectivity index (χ4v) is 3.51. The minimum absolute atomic E-state index is 0.0479. The van der Waals surface area contributed by atoms with Gasteiger partial charge >= 0.3 is 0 Å². The van der Waals surface area contributed by atoms with Crippen LogP contribution in [-0.4, -0.2) is 42.0 Å². The molecule has 0 heterocycles. The average molecular weight is 422 g/mol. The van der Waals surface area contributed by atoms with E-state index < -0.39 is 9.05 Å². The van der Waals surface area contributed by atoms with Crippen molar-refractivity contribution in [3.05, 3.63) is 21.6 Å². The van der Waals surface area contributed by atoms with Gasteiger partial charge in [-0.15, -0.1) is 0 Å². The van der Waals surface area contributed by atoms with E-state index >= 15 is 0 Å². The van der Waals surface area contributed by atoms with E-state index in [1.165, 1.54) is 12.1 Å². The Morgan fingerprint density at radius 3 is 2.52 bits per heavy atom. The fourth-order valence-electron chi connectivity index (χ4n) is 1.44. The van der Waals surface area contributed by atoms with E-state index in [-0.39, 0.29) is 22.3 Å². The molecule has 0 spiro atoms. The van der Waals surface area contributed by atoms with Crippen molar-refractivity contribution in [1.82, 2.24) is 0 Å². The maximum absolute atomic E-state index is 11.5. The first-order valence-electron chi connectivity index (χ1n) is 5.99. The molecule has 5 nitrogen and oxygen atoms in total. The molecule has 0 bridgehead atoms. The summed E-state index contributed by atoms with van der Waals surface area (Å²) >= 11 is 9.16. The summed E-state index contributed by atoms with van der Waals surface area (Å²) in [6.45, 7) is 1.75. The summed E-state index contributed by atoms with van der Waals surface area (Å²) in [6, 6.07) is 2.89. The number of halogens is 3. The van der Waals surface area contributed by atoms with Gasteiger partial charge in [-0.1, -0.05) is 27.5 Å². The summed E-state index contributed by atoms with van der Waals surface area (Å²) in [5.74, 6) is 0.0479. The van der Waals surface area contributed by atoms with Gasteiger partial charge in [0.15, 0.2) is 5.75 Å². The number of benzene rings is 1. The zero-order valence-electron chi connectivity index (χ0n) is 11.3. The van der Waals surface area contributed by atoms with Gasteiger partial charge in [-0.25, -0.2) is 8.42 Å². The molecule has 0 saturated heterocycles. The highest BCUT2D eigenvalue weighted by atomic mass is 79.9. The predicted molar refractivity (Wildman–Crippen MR) is 85.0 cm³/mol. The highest BCUT2D eigenvalue weighted by molar-refractivity contribution is 9.10. The van der Waals surface area contributed by atoms with Gasteiger partial charge < -0.3 is 14.2 Å². The van der Waals surface area contributed by atoms with Gasteiger partial charge in [-0.3, -0.25) is 0 Å². The molecule has 0 aliphatic rings.